The number of para-hydroxylation sites is 1. The Morgan fingerprint density at radius 2 is 1.79 bits per heavy atom. The number of benzene rings is 2. The highest BCUT2D eigenvalue weighted by Crippen LogP contribution is 2.35. The SMILES string of the molecule is Cc1cc[nH+]cc1C(CCC=C(F)F)c1c(F)ccc(F)c1F.Nc1cc2ccccc2[nH]1. The van der Waals surface area contributed by atoms with Gasteiger partial charge in [-0.15, -0.1) is 0 Å². The lowest BCUT2D eigenvalue weighted by Crippen LogP contribution is -2.13. The van der Waals surface area contributed by atoms with E-state index >= 15 is 0 Å². The third kappa shape index (κ3) is 5.97. The number of nitrogens with two attached hydrogens (primary N) is 1. The van der Waals surface area contributed by atoms with Gasteiger partial charge < -0.3 is 10.7 Å². The maximum absolute atomic E-state index is 14.1. The van der Waals surface area contributed by atoms with Crippen molar-refractivity contribution in [2.75, 3.05) is 5.73 Å². The van der Waals surface area contributed by atoms with Crippen molar-refractivity contribution in [1.29, 1.82) is 0 Å². The minimum Gasteiger partial charge on any atom is -0.385 e. The monoisotopic (exact) mass is 460 g/mol. The number of fused-ring (bicyclic) bond motifs is 1. The molecule has 0 spiro atoms. The first-order valence-electron chi connectivity index (χ1n) is 10.2. The van der Waals surface area contributed by atoms with Crippen molar-refractivity contribution in [3.05, 3.63) is 107 Å². The summed E-state index contributed by atoms with van der Waals surface area (Å²) in [5.41, 5.74) is 7.44. The number of pyridine rings is 1. The predicted octanol–water partition coefficient (Wildman–Crippen LogP) is 6.67. The number of hydrogen-bond acceptors (Lipinski definition) is 1. The second kappa shape index (κ2) is 10.8. The summed E-state index contributed by atoms with van der Waals surface area (Å²) in [5, 5.41) is 1.17. The zero-order valence-corrected chi connectivity index (χ0v) is 17.8. The molecule has 0 fully saturated rings. The molecule has 8 heteroatoms. The van der Waals surface area contributed by atoms with Gasteiger partial charge in [-0.1, -0.05) is 18.2 Å². The van der Waals surface area contributed by atoms with Gasteiger partial charge in [0.25, 0.3) is 6.08 Å². The molecular weight excluding hydrogens is 437 g/mol. The average Bonchev–Trinajstić information content (AvgIpc) is 3.16. The van der Waals surface area contributed by atoms with Crippen molar-refractivity contribution >= 4 is 16.7 Å². The minimum atomic E-state index is -1.86. The highest BCUT2D eigenvalue weighted by molar-refractivity contribution is 5.83. The first kappa shape index (κ1) is 24.0. The van der Waals surface area contributed by atoms with Crippen LogP contribution >= 0.6 is 0 Å². The van der Waals surface area contributed by atoms with Crippen LogP contribution in [0.4, 0.5) is 27.8 Å². The van der Waals surface area contributed by atoms with E-state index in [2.05, 4.69) is 9.97 Å². The van der Waals surface area contributed by atoms with E-state index in [-0.39, 0.29) is 12.8 Å². The molecule has 0 saturated heterocycles. The highest BCUT2D eigenvalue weighted by Gasteiger charge is 2.26. The average molecular weight is 460 g/mol. The molecule has 0 aliphatic carbocycles. The van der Waals surface area contributed by atoms with E-state index in [0.717, 1.165) is 23.0 Å². The van der Waals surface area contributed by atoms with Crippen LogP contribution in [0.5, 0.6) is 0 Å². The molecular formula is C25H23F5N3+. The Balaban J connectivity index is 0.000000252. The number of aromatic amines is 2. The number of hydrogen-bond donors (Lipinski definition) is 2. The van der Waals surface area contributed by atoms with Gasteiger partial charge in [0, 0.05) is 34.0 Å². The van der Waals surface area contributed by atoms with Gasteiger partial charge in [0.1, 0.15) is 11.6 Å². The summed E-state index contributed by atoms with van der Waals surface area (Å²) in [6.45, 7) is 1.73. The van der Waals surface area contributed by atoms with Gasteiger partial charge in [-0.25, -0.2) is 18.2 Å². The van der Waals surface area contributed by atoms with Gasteiger partial charge in [0.15, 0.2) is 24.0 Å². The first-order valence-corrected chi connectivity index (χ1v) is 10.2. The number of H-pyrrole nitrogens is 2. The molecule has 1 unspecified atom stereocenters. The molecule has 0 bridgehead atoms. The Kier molecular flexibility index (Phi) is 7.82. The van der Waals surface area contributed by atoms with Crippen LogP contribution in [0.1, 0.15) is 35.4 Å². The normalized spacial score (nSPS) is 11.6. The van der Waals surface area contributed by atoms with Crippen LogP contribution in [-0.2, 0) is 0 Å². The number of halogens is 5. The fourth-order valence-corrected chi connectivity index (χ4v) is 3.67. The maximum atomic E-state index is 14.1. The van der Waals surface area contributed by atoms with Crippen LogP contribution in [0.3, 0.4) is 0 Å². The van der Waals surface area contributed by atoms with Crippen molar-refractivity contribution in [3.8, 4) is 0 Å². The molecule has 0 amide bonds. The molecule has 0 radical (unpaired) electrons. The van der Waals surface area contributed by atoms with E-state index in [1.165, 1.54) is 5.39 Å². The van der Waals surface area contributed by atoms with Crippen LogP contribution in [-0.4, -0.2) is 4.98 Å². The molecule has 172 valence electrons. The van der Waals surface area contributed by atoms with Crippen LogP contribution in [0.15, 0.2) is 73.1 Å². The number of allylic oxidation sites excluding steroid dienone is 1. The Morgan fingerprint density at radius 3 is 2.48 bits per heavy atom. The topological polar surface area (TPSA) is 55.9 Å². The number of aryl methyl sites for hydroxylation is 1. The molecule has 3 nitrogen and oxygen atoms in total. The second-order valence-corrected chi connectivity index (χ2v) is 7.48. The number of rotatable bonds is 5. The van der Waals surface area contributed by atoms with Crippen LogP contribution in [0, 0.1) is 24.4 Å². The number of anilines is 1. The third-order valence-electron chi connectivity index (χ3n) is 5.23. The fraction of sp³-hybridized carbons (Fsp3) is 0.160. The lowest BCUT2D eigenvalue weighted by molar-refractivity contribution is -0.378. The van der Waals surface area contributed by atoms with E-state index < -0.39 is 35.0 Å². The summed E-state index contributed by atoms with van der Waals surface area (Å²) >= 11 is 0. The third-order valence-corrected chi connectivity index (χ3v) is 5.23. The Morgan fingerprint density at radius 1 is 1.06 bits per heavy atom. The van der Waals surface area contributed by atoms with Gasteiger partial charge in [0.05, 0.1) is 0 Å². The van der Waals surface area contributed by atoms with Crippen molar-refractivity contribution in [1.82, 2.24) is 4.98 Å². The number of nitrogens with one attached hydrogen (secondary N) is 2. The summed E-state index contributed by atoms with van der Waals surface area (Å²) in [5.74, 6) is -3.51. The van der Waals surface area contributed by atoms with Gasteiger partial charge in [-0.3, -0.25) is 0 Å². The van der Waals surface area contributed by atoms with E-state index in [1.807, 2.05) is 30.3 Å². The first-order chi connectivity index (χ1) is 15.8. The zero-order chi connectivity index (χ0) is 24.0. The van der Waals surface area contributed by atoms with E-state index in [1.54, 1.807) is 25.4 Å². The largest absolute Gasteiger partial charge is 0.385 e. The standard InChI is InChI=1S/C17H14F5N.C8H8N2/c1-10-7-8-23-9-12(10)11(3-2-4-15(20)21)16-13(18)5-6-14(19)17(16)22;9-8-5-6-3-1-2-4-7(6)10-8/h4-9,11H,2-3H2,1H3;1-5,10H,9H2/p+1. The molecule has 0 aliphatic heterocycles. The second-order valence-electron chi connectivity index (χ2n) is 7.48. The van der Waals surface area contributed by atoms with E-state index in [4.69, 9.17) is 5.73 Å². The van der Waals surface area contributed by atoms with Crippen molar-refractivity contribution in [3.63, 3.8) is 0 Å². The summed E-state index contributed by atoms with van der Waals surface area (Å²) in [6.07, 6.45) is 1.93. The Bertz CT molecular complexity index is 1230. The molecule has 0 aliphatic rings. The lowest BCUT2D eigenvalue weighted by Gasteiger charge is -2.19. The smallest absolute Gasteiger partial charge is 0.266 e. The lowest BCUT2D eigenvalue weighted by atomic mass is 9.85. The molecule has 2 aromatic heterocycles. The van der Waals surface area contributed by atoms with Gasteiger partial charge in [0.2, 0.25) is 0 Å². The number of nitrogen functional groups attached to an aromatic ring is 1. The van der Waals surface area contributed by atoms with Crippen molar-refractivity contribution < 1.29 is 26.9 Å². The van der Waals surface area contributed by atoms with Gasteiger partial charge in [-0.2, -0.15) is 8.78 Å². The molecule has 1 atom stereocenters. The maximum Gasteiger partial charge on any atom is 0.266 e. The Hall–Kier alpha value is -3.68. The highest BCUT2D eigenvalue weighted by atomic mass is 19.3. The van der Waals surface area contributed by atoms with Crippen LogP contribution in [0.2, 0.25) is 0 Å². The van der Waals surface area contributed by atoms with E-state index in [9.17, 15) is 22.0 Å². The van der Waals surface area contributed by atoms with Crippen LogP contribution in [0.25, 0.3) is 10.9 Å². The van der Waals surface area contributed by atoms with Gasteiger partial charge in [-0.05, 0) is 55.7 Å². The fourth-order valence-electron chi connectivity index (χ4n) is 3.67. The molecule has 2 aromatic carbocycles. The quantitative estimate of drug-likeness (QED) is 0.254. The summed E-state index contributed by atoms with van der Waals surface area (Å²) in [7, 11) is 0. The number of aromatic nitrogens is 2. The molecule has 0 saturated carbocycles. The van der Waals surface area contributed by atoms with Crippen molar-refractivity contribution in [2.45, 2.75) is 25.7 Å². The zero-order valence-electron chi connectivity index (χ0n) is 17.8. The molecule has 4 aromatic rings. The van der Waals surface area contributed by atoms with Gasteiger partial charge >= 0.3 is 0 Å². The van der Waals surface area contributed by atoms with Crippen LogP contribution < -0.4 is 10.7 Å². The molecule has 33 heavy (non-hydrogen) atoms. The molecule has 4 N–H and O–H groups in total. The molecule has 4 rings (SSSR count). The summed E-state index contributed by atoms with van der Waals surface area (Å²) in [4.78, 5) is 5.84. The molecule has 2 heterocycles. The Labute approximate surface area is 187 Å². The van der Waals surface area contributed by atoms with Crippen molar-refractivity contribution in [2.24, 2.45) is 0 Å². The minimum absolute atomic E-state index is 0.0212. The predicted molar refractivity (Wildman–Crippen MR) is 118 cm³/mol. The summed E-state index contributed by atoms with van der Waals surface area (Å²) < 4.78 is 66.2. The van der Waals surface area contributed by atoms with E-state index in [0.29, 0.717) is 17.7 Å². The summed E-state index contributed by atoms with van der Waals surface area (Å²) in [6, 6.07) is 13.2.